The molecule has 1 fully saturated rings. The van der Waals surface area contributed by atoms with E-state index in [4.69, 9.17) is 21.1 Å². The fourth-order valence-corrected chi connectivity index (χ4v) is 3.90. The largest absolute Gasteiger partial charge is 0.459 e. The summed E-state index contributed by atoms with van der Waals surface area (Å²) in [6.45, 7) is 8.85. The van der Waals surface area contributed by atoms with Crippen LogP contribution in [-0.4, -0.2) is 66.6 Å². The number of amides is 1. The summed E-state index contributed by atoms with van der Waals surface area (Å²) in [5, 5.41) is 0.670. The molecule has 3 rings (SSSR count). The summed E-state index contributed by atoms with van der Waals surface area (Å²) < 4.78 is 10.5. The molecule has 0 unspecified atom stereocenters. The van der Waals surface area contributed by atoms with Crippen molar-refractivity contribution >= 4 is 35.1 Å². The highest BCUT2D eigenvalue weighted by Gasteiger charge is 2.26. The molecule has 0 saturated carbocycles. The molecule has 1 saturated heterocycles. The summed E-state index contributed by atoms with van der Waals surface area (Å²) in [6.07, 6.45) is -0.274. The zero-order valence-electron chi connectivity index (χ0n) is 18.7. The molecule has 9 heteroatoms. The second-order valence-corrected chi connectivity index (χ2v) is 8.44. The van der Waals surface area contributed by atoms with Gasteiger partial charge >= 0.3 is 11.9 Å². The van der Waals surface area contributed by atoms with Gasteiger partial charge in [0, 0.05) is 42.6 Å². The Morgan fingerprint density at radius 1 is 1.09 bits per heavy atom. The number of hydrogen-bond donors (Lipinski definition) is 1. The van der Waals surface area contributed by atoms with Crippen molar-refractivity contribution in [3.8, 4) is 0 Å². The lowest BCUT2D eigenvalue weighted by atomic mass is 10.1. The number of nitrogens with one attached hydrogen (secondary N) is 1. The third-order valence-corrected chi connectivity index (χ3v) is 5.56. The third kappa shape index (κ3) is 5.43. The first-order valence-electron chi connectivity index (χ1n) is 10.5. The van der Waals surface area contributed by atoms with Gasteiger partial charge in [0.05, 0.1) is 11.7 Å². The molecule has 2 heterocycles. The van der Waals surface area contributed by atoms with Crippen molar-refractivity contribution in [3.63, 3.8) is 0 Å². The number of anilines is 1. The Hall–Kier alpha value is -3.00. The van der Waals surface area contributed by atoms with E-state index in [1.54, 1.807) is 32.6 Å². The van der Waals surface area contributed by atoms with E-state index in [1.165, 1.54) is 0 Å². The second kappa shape index (κ2) is 10.1. The number of hydrogen-bond acceptors (Lipinski definition) is 6. The highest BCUT2D eigenvalue weighted by Crippen LogP contribution is 2.22. The summed E-state index contributed by atoms with van der Waals surface area (Å²) in [5.74, 6) is -1.44. The number of H-pyrrole nitrogens is 1. The molecule has 1 amide bonds. The van der Waals surface area contributed by atoms with Crippen LogP contribution >= 0.6 is 11.6 Å². The van der Waals surface area contributed by atoms with Crippen LogP contribution in [0.5, 0.6) is 0 Å². The first-order chi connectivity index (χ1) is 15.2. The van der Waals surface area contributed by atoms with Crippen LogP contribution in [0.1, 0.15) is 46.0 Å². The quantitative estimate of drug-likeness (QED) is 0.663. The van der Waals surface area contributed by atoms with E-state index < -0.39 is 11.9 Å². The summed E-state index contributed by atoms with van der Waals surface area (Å²) in [5.41, 5.74) is 2.44. The van der Waals surface area contributed by atoms with Gasteiger partial charge in [-0.05, 0) is 51.5 Å². The van der Waals surface area contributed by atoms with E-state index in [0.29, 0.717) is 48.0 Å². The van der Waals surface area contributed by atoms with Gasteiger partial charge in [-0.1, -0.05) is 17.7 Å². The first kappa shape index (κ1) is 23.7. The van der Waals surface area contributed by atoms with Crippen molar-refractivity contribution < 1.29 is 23.9 Å². The smallest absolute Gasteiger partial charge is 0.355 e. The number of carbonyl (C=O) groups excluding carboxylic acids is 3. The van der Waals surface area contributed by atoms with Gasteiger partial charge in [0.1, 0.15) is 5.69 Å². The Morgan fingerprint density at radius 2 is 1.78 bits per heavy atom. The number of carbonyl (C=O) groups is 3. The lowest BCUT2D eigenvalue weighted by Gasteiger charge is -2.36. The molecule has 0 bridgehead atoms. The maximum Gasteiger partial charge on any atom is 0.355 e. The van der Waals surface area contributed by atoms with E-state index in [1.807, 2.05) is 24.3 Å². The molecular formula is C23H28ClN3O5. The molecule has 1 aliphatic rings. The molecule has 0 atom stereocenters. The molecule has 8 nitrogen and oxygen atoms in total. The molecular weight excluding hydrogens is 434 g/mol. The van der Waals surface area contributed by atoms with Gasteiger partial charge in [-0.15, -0.1) is 0 Å². The minimum absolute atomic E-state index is 0.150. The Balaban J connectivity index is 1.54. The average Bonchev–Trinajstić information content (AvgIpc) is 3.05. The van der Waals surface area contributed by atoms with Crippen LogP contribution in [0, 0.1) is 13.8 Å². The average molecular weight is 462 g/mol. The molecule has 1 aromatic carbocycles. The van der Waals surface area contributed by atoms with Gasteiger partial charge < -0.3 is 24.3 Å². The zero-order valence-corrected chi connectivity index (χ0v) is 19.5. The van der Waals surface area contributed by atoms with Gasteiger partial charge in [-0.3, -0.25) is 4.79 Å². The molecule has 0 spiro atoms. The van der Waals surface area contributed by atoms with Crippen LogP contribution in [-0.2, 0) is 14.3 Å². The summed E-state index contributed by atoms with van der Waals surface area (Å²) in [7, 11) is 0. The van der Waals surface area contributed by atoms with Gasteiger partial charge in [-0.25, -0.2) is 9.59 Å². The third-order valence-electron chi connectivity index (χ3n) is 5.32. The summed E-state index contributed by atoms with van der Waals surface area (Å²) in [6, 6.07) is 7.60. The number of benzene rings is 1. The molecule has 1 aliphatic heterocycles. The summed E-state index contributed by atoms with van der Waals surface area (Å²) >= 11 is 6.06. The topological polar surface area (TPSA) is 91.9 Å². The Labute approximate surface area is 192 Å². The number of esters is 2. The van der Waals surface area contributed by atoms with Gasteiger partial charge in [0.15, 0.2) is 6.61 Å². The lowest BCUT2D eigenvalue weighted by Crippen LogP contribution is -2.49. The number of aryl methyl sites for hydroxylation is 1. The van der Waals surface area contributed by atoms with E-state index in [-0.39, 0.29) is 24.3 Å². The minimum Gasteiger partial charge on any atom is -0.459 e. The van der Waals surface area contributed by atoms with E-state index in [0.717, 1.165) is 5.69 Å². The summed E-state index contributed by atoms with van der Waals surface area (Å²) in [4.78, 5) is 44.1. The van der Waals surface area contributed by atoms with E-state index in [2.05, 4.69) is 9.88 Å². The van der Waals surface area contributed by atoms with Gasteiger partial charge in [0.25, 0.3) is 5.91 Å². The maximum absolute atomic E-state index is 12.5. The first-order valence-corrected chi connectivity index (χ1v) is 10.9. The van der Waals surface area contributed by atoms with Crippen LogP contribution in [0.2, 0.25) is 5.02 Å². The molecule has 172 valence electrons. The number of rotatable bonds is 6. The van der Waals surface area contributed by atoms with Gasteiger partial charge in [-0.2, -0.15) is 0 Å². The van der Waals surface area contributed by atoms with E-state index >= 15 is 0 Å². The Morgan fingerprint density at radius 3 is 2.41 bits per heavy atom. The Kier molecular flexibility index (Phi) is 7.45. The fraction of sp³-hybridized carbons (Fsp3) is 0.435. The van der Waals surface area contributed by atoms with E-state index in [9.17, 15) is 14.4 Å². The van der Waals surface area contributed by atoms with Crippen molar-refractivity contribution in [3.05, 3.63) is 51.8 Å². The van der Waals surface area contributed by atoms with Gasteiger partial charge in [0.2, 0.25) is 0 Å². The normalized spacial score (nSPS) is 13.9. The van der Waals surface area contributed by atoms with Crippen LogP contribution in [0.15, 0.2) is 24.3 Å². The molecule has 32 heavy (non-hydrogen) atoms. The minimum atomic E-state index is -0.680. The number of ether oxygens (including phenoxy) is 2. The van der Waals surface area contributed by atoms with Crippen LogP contribution in [0.4, 0.5) is 5.69 Å². The lowest BCUT2D eigenvalue weighted by molar-refractivity contribution is -0.134. The molecule has 2 aromatic rings. The molecule has 0 aliphatic carbocycles. The predicted molar refractivity (Wildman–Crippen MR) is 121 cm³/mol. The molecule has 1 aromatic heterocycles. The van der Waals surface area contributed by atoms with Crippen LogP contribution in [0.25, 0.3) is 0 Å². The van der Waals surface area contributed by atoms with Crippen molar-refractivity contribution in [2.24, 2.45) is 0 Å². The zero-order chi connectivity index (χ0) is 23.4. The highest BCUT2D eigenvalue weighted by atomic mass is 35.5. The van der Waals surface area contributed by atoms with Crippen LogP contribution < -0.4 is 4.90 Å². The van der Waals surface area contributed by atoms with Crippen molar-refractivity contribution in [1.82, 2.24) is 9.88 Å². The number of halogens is 1. The van der Waals surface area contributed by atoms with Crippen molar-refractivity contribution in [1.29, 1.82) is 0 Å². The SMILES string of the molecule is Cc1[nH]c(C(=O)OCC(=O)N2CCN(c3cccc(Cl)c3)CC2)c(C)c1C(=O)OC(C)C. The van der Waals surface area contributed by atoms with Crippen molar-refractivity contribution in [2.45, 2.75) is 33.8 Å². The standard InChI is InChI=1S/C23H28ClN3O5/c1-14(2)32-22(29)20-15(3)21(25-16(20)4)23(30)31-13-19(28)27-10-8-26(9-11-27)18-7-5-6-17(24)12-18/h5-7,12,14,25H,8-11,13H2,1-4H3. The van der Waals surface area contributed by atoms with Crippen LogP contribution in [0.3, 0.4) is 0 Å². The second-order valence-electron chi connectivity index (χ2n) is 8.00. The molecule has 0 radical (unpaired) electrons. The number of piperazine rings is 1. The predicted octanol–water partition coefficient (Wildman–Crippen LogP) is 3.36. The number of aromatic amines is 1. The number of aromatic nitrogens is 1. The molecule has 1 N–H and O–H groups in total. The highest BCUT2D eigenvalue weighted by molar-refractivity contribution is 6.30. The Bertz CT molecular complexity index is 1010. The fourth-order valence-electron chi connectivity index (χ4n) is 3.71. The maximum atomic E-state index is 12.5. The monoisotopic (exact) mass is 461 g/mol. The number of nitrogens with zero attached hydrogens (tertiary/aromatic N) is 2. The van der Waals surface area contributed by atoms with Crippen molar-refractivity contribution in [2.75, 3.05) is 37.7 Å².